The molecule has 2 N–H and O–H groups in total. The highest BCUT2D eigenvalue weighted by Gasteiger charge is 2.72. The maximum Gasteiger partial charge on any atom is 0.258 e. The summed E-state index contributed by atoms with van der Waals surface area (Å²) in [4.78, 5) is 29.1. The van der Waals surface area contributed by atoms with E-state index in [0.29, 0.717) is 32.2 Å². The van der Waals surface area contributed by atoms with E-state index in [-0.39, 0.29) is 40.1 Å². The van der Waals surface area contributed by atoms with Crippen molar-refractivity contribution < 1.29 is 18.7 Å². The molecule has 3 saturated carbocycles. The van der Waals surface area contributed by atoms with Gasteiger partial charge < -0.3 is 15.4 Å². The molecule has 8 heteroatoms. The van der Waals surface area contributed by atoms with Crippen LogP contribution in [0.2, 0.25) is 5.02 Å². The first kappa shape index (κ1) is 20.6. The number of carbonyl (C=O) groups is 2. The Balaban J connectivity index is 1.18. The summed E-state index contributed by atoms with van der Waals surface area (Å²) in [5.74, 6) is -0.603. The van der Waals surface area contributed by atoms with Gasteiger partial charge in [0.15, 0.2) is 6.61 Å². The molecule has 2 amide bonds. The van der Waals surface area contributed by atoms with Gasteiger partial charge >= 0.3 is 0 Å². The Hall–Kier alpha value is -2.67. The molecule has 6 nitrogen and oxygen atoms in total. The third-order valence-corrected chi connectivity index (χ3v) is 6.25. The van der Waals surface area contributed by atoms with Crippen molar-refractivity contribution in [1.29, 1.82) is 0 Å². The van der Waals surface area contributed by atoms with E-state index >= 15 is 0 Å². The van der Waals surface area contributed by atoms with Crippen molar-refractivity contribution in [3.05, 3.63) is 58.6 Å². The largest absolute Gasteiger partial charge is 0.484 e. The van der Waals surface area contributed by atoms with Crippen molar-refractivity contribution in [3.63, 3.8) is 0 Å². The molecule has 3 fully saturated rings. The fourth-order valence-corrected chi connectivity index (χ4v) is 4.59. The minimum Gasteiger partial charge on any atom is -0.484 e. The lowest BCUT2D eigenvalue weighted by Crippen LogP contribution is -2.78. The van der Waals surface area contributed by atoms with Crippen LogP contribution in [-0.2, 0) is 16.0 Å². The first-order chi connectivity index (χ1) is 14.3. The molecule has 1 aromatic heterocycles. The smallest absolute Gasteiger partial charge is 0.258 e. The molecule has 0 radical (unpaired) electrons. The lowest BCUT2D eigenvalue weighted by Gasteiger charge is -2.69. The lowest BCUT2D eigenvalue weighted by atomic mass is 9.39. The molecule has 1 heterocycles. The maximum atomic E-state index is 13.4. The number of rotatable bonds is 8. The fraction of sp³-hybridized carbons (Fsp3) is 0.409. The van der Waals surface area contributed by atoms with Crippen LogP contribution in [0.1, 0.15) is 30.5 Å². The van der Waals surface area contributed by atoms with E-state index in [9.17, 15) is 14.0 Å². The number of nitrogens with one attached hydrogen (secondary N) is 2. The highest BCUT2D eigenvalue weighted by molar-refractivity contribution is 6.30. The molecule has 0 aliphatic heterocycles. The van der Waals surface area contributed by atoms with Crippen molar-refractivity contribution in [2.24, 2.45) is 5.41 Å². The van der Waals surface area contributed by atoms with Gasteiger partial charge in [0.05, 0.1) is 10.4 Å². The Morgan fingerprint density at radius 3 is 2.73 bits per heavy atom. The van der Waals surface area contributed by atoms with Crippen LogP contribution in [0.25, 0.3) is 0 Å². The number of ether oxygens (including phenoxy) is 1. The number of aromatic nitrogens is 1. The Labute approximate surface area is 179 Å². The topological polar surface area (TPSA) is 80.3 Å². The number of halogens is 2. The lowest BCUT2D eigenvalue weighted by molar-refractivity contribution is -0.183. The summed E-state index contributed by atoms with van der Waals surface area (Å²) in [5, 5.41) is 5.95. The SMILES string of the molecule is Cc1cccnc1CCNC(=O)C12CC(NC(=O)COc3ccc(Cl)c(F)c3)(C1)C2. The number of aryl methyl sites for hydroxylation is 1. The Morgan fingerprint density at radius 1 is 1.27 bits per heavy atom. The highest BCUT2D eigenvalue weighted by Crippen LogP contribution is 2.67. The summed E-state index contributed by atoms with van der Waals surface area (Å²) >= 11 is 5.62. The number of amides is 2. The second-order valence-corrected chi connectivity index (χ2v) is 8.68. The predicted molar refractivity (Wildman–Crippen MR) is 110 cm³/mol. The average molecular weight is 432 g/mol. The van der Waals surface area contributed by atoms with E-state index in [1.807, 2.05) is 19.1 Å². The molecule has 0 atom stereocenters. The third kappa shape index (κ3) is 3.99. The number of carbonyl (C=O) groups excluding carboxylic acids is 2. The highest BCUT2D eigenvalue weighted by atomic mass is 35.5. The van der Waals surface area contributed by atoms with Gasteiger partial charge in [-0.3, -0.25) is 14.6 Å². The number of hydrogen-bond acceptors (Lipinski definition) is 4. The third-order valence-electron chi connectivity index (χ3n) is 5.94. The number of pyridine rings is 1. The van der Waals surface area contributed by atoms with Crippen LogP contribution in [0.5, 0.6) is 5.75 Å². The van der Waals surface area contributed by atoms with Crippen molar-refractivity contribution in [3.8, 4) is 5.75 Å². The molecule has 158 valence electrons. The molecule has 3 aliphatic rings. The normalized spacial score (nSPS) is 23.7. The molecule has 0 unspecified atom stereocenters. The van der Waals surface area contributed by atoms with E-state index in [2.05, 4.69) is 15.6 Å². The molecule has 0 saturated heterocycles. The minimum atomic E-state index is -0.597. The van der Waals surface area contributed by atoms with Crippen molar-refractivity contribution in [1.82, 2.24) is 15.6 Å². The fourth-order valence-electron chi connectivity index (χ4n) is 4.47. The Morgan fingerprint density at radius 2 is 2.03 bits per heavy atom. The van der Waals surface area contributed by atoms with E-state index in [0.717, 1.165) is 17.3 Å². The molecule has 30 heavy (non-hydrogen) atoms. The number of benzene rings is 1. The summed E-state index contributed by atoms with van der Waals surface area (Å²) in [6.45, 7) is 2.33. The molecule has 5 rings (SSSR count). The Kier molecular flexibility index (Phi) is 5.40. The average Bonchev–Trinajstić information content (AvgIpc) is 2.66. The summed E-state index contributed by atoms with van der Waals surface area (Å²) < 4.78 is 18.7. The minimum absolute atomic E-state index is 0.000547. The van der Waals surface area contributed by atoms with E-state index < -0.39 is 5.82 Å². The van der Waals surface area contributed by atoms with Gasteiger partial charge in [0.25, 0.3) is 5.91 Å². The molecule has 2 aromatic rings. The second-order valence-electron chi connectivity index (χ2n) is 8.28. The van der Waals surface area contributed by atoms with Crippen LogP contribution in [0.4, 0.5) is 4.39 Å². The van der Waals surface area contributed by atoms with E-state index in [4.69, 9.17) is 16.3 Å². The van der Waals surface area contributed by atoms with Crippen LogP contribution < -0.4 is 15.4 Å². The molecule has 3 aliphatic carbocycles. The van der Waals surface area contributed by atoms with Crippen LogP contribution >= 0.6 is 11.6 Å². The number of nitrogens with zero attached hydrogens (tertiary/aromatic N) is 1. The zero-order valence-corrected chi connectivity index (χ0v) is 17.4. The molecule has 2 bridgehead atoms. The van der Waals surface area contributed by atoms with Gasteiger partial charge in [0.2, 0.25) is 5.91 Å². The molecular formula is C22H23ClFN3O3. The van der Waals surface area contributed by atoms with Crippen LogP contribution in [0.15, 0.2) is 36.5 Å². The van der Waals surface area contributed by atoms with Crippen molar-refractivity contribution in [2.75, 3.05) is 13.2 Å². The standard InChI is InChI=1S/C22H23ClFN3O3/c1-14-3-2-7-25-18(14)6-8-26-20(29)21-11-22(12-21,13-21)27-19(28)10-30-15-4-5-16(23)17(24)9-15/h2-5,7,9H,6,8,10-13H2,1H3,(H,26,29)(H,27,28). The van der Waals surface area contributed by atoms with Gasteiger partial charge in [-0.05, 0) is 49.9 Å². The van der Waals surface area contributed by atoms with Crippen molar-refractivity contribution in [2.45, 2.75) is 38.1 Å². The zero-order chi connectivity index (χ0) is 21.4. The molecule has 0 spiro atoms. The summed E-state index contributed by atoms with van der Waals surface area (Å²) in [6.07, 6.45) is 4.35. The van der Waals surface area contributed by atoms with Gasteiger partial charge in [0.1, 0.15) is 11.6 Å². The summed E-state index contributed by atoms with van der Waals surface area (Å²) in [5.41, 5.74) is 1.41. The van der Waals surface area contributed by atoms with Crippen molar-refractivity contribution >= 4 is 23.4 Å². The van der Waals surface area contributed by atoms with Gasteiger partial charge in [-0.25, -0.2) is 4.39 Å². The summed E-state index contributed by atoms with van der Waals surface area (Å²) in [7, 11) is 0. The predicted octanol–water partition coefficient (Wildman–Crippen LogP) is 2.96. The van der Waals surface area contributed by atoms with Crippen LogP contribution in [0.3, 0.4) is 0 Å². The van der Waals surface area contributed by atoms with Crippen LogP contribution in [-0.4, -0.2) is 35.5 Å². The molecular weight excluding hydrogens is 409 g/mol. The van der Waals surface area contributed by atoms with Gasteiger partial charge in [-0.2, -0.15) is 0 Å². The molecule has 1 aromatic carbocycles. The van der Waals surface area contributed by atoms with Gasteiger partial charge in [-0.1, -0.05) is 17.7 Å². The first-order valence-electron chi connectivity index (χ1n) is 9.89. The van der Waals surface area contributed by atoms with Gasteiger partial charge in [0, 0.05) is 36.5 Å². The van der Waals surface area contributed by atoms with E-state index in [1.165, 1.54) is 12.1 Å². The second kappa shape index (κ2) is 7.87. The number of hydrogen-bond donors (Lipinski definition) is 2. The summed E-state index contributed by atoms with van der Waals surface area (Å²) in [6, 6.07) is 7.92. The maximum absolute atomic E-state index is 13.4. The zero-order valence-electron chi connectivity index (χ0n) is 16.6. The van der Waals surface area contributed by atoms with Gasteiger partial charge in [-0.15, -0.1) is 0 Å². The first-order valence-corrected chi connectivity index (χ1v) is 10.3. The van der Waals surface area contributed by atoms with Crippen LogP contribution in [0, 0.1) is 18.2 Å². The Bertz CT molecular complexity index is 978. The monoisotopic (exact) mass is 431 g/mol. The quantitative estimate of drug-likeness (QED) is 0.673. The van der Waals surface area contributed by atoms with E-state index in [1.54, 1.807) is 6.20 Å².